The van der Waals surface area contributed by atoms with Crippen LogP contribution in [0.4, 0.5) is 4.39 Å². The third kappa shape index (κ3) is 6.03. The van der Waals surface area contributed by atoms with Crippen molar-refractivity contribution in [3.63, 3.8) is 0 Å². The van der Waals surface area contributed by atoms with Crippen molar-refractivity contribution in [2.75, 3.05) is 27.2 Å². The SMILES string of the molecule is CN(C)CCCCOc1ccccc1CCc1ccccc1F. The summed E-state index contributed by atoms with van der Waals surface area (Å²) < 4.78 is 19.6. The van der Waals surface area contributed by atoms with E-state index in [4.69, 9.17) is 4.74 Å². The maximum atomic E-state index is 13.7. The Morgan fingerprint density at radius 3 is 2.26 bits per heavy atom. The molecule has 0 spiro atoms. The summed E-state index contributed by atoms with van der Waals surface area (Å²) >= 11 is 0. The summed E-state index contributed by atoms with van der Waals surface area (Å²) in [5.41, 5.74) is 1.90. The van der Waals surface area contributed by atoms with Gasteiger partial charge in [-0.15, -0.1) is 0 Å². The van der Waals surface area contributed by atoms with Crippen molar-refractivity contribution < 1.29 is 9.13 Å². The van der Waals surface area contributed by atoms with Crippen molar-refractivity contribution in [3.8, 4) is 5.75 Å². The molecule has 0 saturated heterocycles. The van der Waals surface area contributed by atoms with E-state index in [9.17, 15) is 4.39 Å². The summed E-state index contributed by atoms with van der Waals surface area (Å²) in [6, 6.07) is 15.0. The number of aryl methyl sites for hydroxylation is 2. The van der Waals surface area contributed by atoms with Crippen molar-refractivity contribution in [1.82, 2.24) is 4.90 Å². The molecule has 0 aliphatic carbocycles. The lowest BCUT2D eigenvalue weighted by molar-refractivity contribution is 0.290. The first-order chi connectivity index (χ1) is 11.2. The normalized spacial score (nSPS) is 11.0. The van der Waals surface area contributed by atoms with Crippen LogP contribution < -0.4 is 4.74 Å². The van der Waals surface area contributed by atoms with Gasteiger partial charge in [0.25, 0.3) is 0 Å². The summed E-state index contributed by atoms with van der Waals surface area (Å²) in [6.07, 6.45) is 3.65. The second-order valence-corrected chi connectivity index (χ2v) is 6.06. The summed E-state index contributed by atoms with van der Waals surface area (Å²) in [4.78, 5) is 2.18. The average molecular weight is 315 g/mol. The Labute approximate surface area is 138 Å². The van der Waals surface area contributed by atoms with Crippen LogP contribution in [0.2, 0.25) is 0 Å². The second-order valence-electron chi connectivity index (χ2n) is 6.06. The maximum Gasteiger partial charge on any atom is 0.126 e. The molecule has 2 aromatic carbocycles. The maximum absolute atomic E-state index is 13.7. The Balaban J connectivity index is 1.86. The minimum atomic E-state index is -0.130. The van der Waals surface area contributed by atoms with E-state index in [1.807, 2.05) is 30.3 Å². The van der Waals surface area contributed by atoms with Crippen molar-refractivity contribution >= 4 is 0 Å². The molecule has 2 nitrogen and oxygen atoms in total. The van der Waals surface area contributed by atoms with E-state index in [-0.39, 0.29) is 5.82 Å². The topological polar surface area (TPSA) is 12.5 Å². The number of para-hydroxylation sites is 1. The van der Waals surface area contributed by atoms with Crippen molar-refractivity contribution in [1.29, 1.82) is 0 Å². The third-order valence-electron chi connectivity index (χ3n) is 3.85. The van der Waals surface area contributed by atoms with Crippen molar-refractivity contribution in [2.45, 2.75) is 25.7 Å². The predicted molar refractivity (Wildman–Crippen MR) is 93.5 cm³/mol. The van der Waals surface area contributed by atoms with E-state index < -0.39 is 0 Å². The zero-order valence-electron chi connectivity index (χ0n) is 14.1. The van der Waals surface area contributed by atoms with E-state index >= 15 is 0 Å². The van der Waals surface area contributed by atoms with Crippen LogP contribution in [0.25, 0.3) is 0 Å². The van der Waals surface area contributed by atoms with Gasteiger partial charge in [-0.3, -0.25) is 0 Å². The van der Waals surface area contributed by atoms with Gasteiger partial charge in [-0.25, -0.2) is 4.39 Å². The molecule has 0 radical (unpaired) electrons. The number of hydrogen-bond acceptors (Lipinski definition) is 2. The van der Waals surface area contributed by atoms with Crippen LogP contribution >= 0.6 is 0 Å². The summed E-state index contributed by atoms with van der Waals surface area (Å²) in [6.45, 7) is 1.81. The summed E-state index contributed by atoms with van der Waals surface area (Å²) in [5, 5.41) is 0. The number of ether oxygens (including phenoxy) is 1. The van der Waals surface area contributed by atoms with Crippen LogP contribution in [0.1, 0.15) is 24.0 Å². The number of unbranched alkanes of at least 4 members (excludes halogenated alkanes) is 1. The summed E-state index contributed by atoms with van der Waals surface area (Å²) in [7, 11) is 4.16. The van der Waals surface area contributed by atoms with Crippen LogP contribution in [0.5, 0.6) is 5.75 Å². The Kier molecular flexibility index (Phi) is 7.08. The highest BCUT2D eigenvalue weighted by atomic mass is 19.1. The molecule has 0 saturated carbocycles. The van der Waals surface area contributed by atoms with Gasteiger partial charge in [-0.05, 0) is 69.6 Å². The lowest BCUT2D eigenvalue weighted by Crippen LogP contribution is -2.13. The Morgan fingerprint density at radius 1 is 0.870 bits per heavy atom. The van der Waals surface area contributed by atoms with Gasteiger partial charge in [0.1, 0.15) is 11.6 Å². The standard InChI is InChI=1S/C20H26FNO/c1-22(2)15-7-8-16-23-20-12-6-4-10-18(20)14-13-17-9-3-5-11-19(17)21/h3-6,9-12H,7-8,13-16H2,1-2H3. The third-order valence-corrected chi connectivity index (χ3v) is 3.85. The predicted octanol–water partition coefficient (Wildman–Crippen LogP) is 4.33. The smallest absolute Gasteiger partial charge is 0.126 e. The van der Waals surface area contributed by atoms with E-state index in [2.05, 4.69) is 25.1 Å². The zero-order chi connectivity index (χ0) is 16.5. The first-order valence-corrected chi connectivity index (χ1v) is 8.25. The minimum absolute atomic E-state index is 0.130. The fourth-order valence-electron chi connectivity index (χ4n) is 2.53. The van der Waals surface area contributed by atoms with Gasteiger partial charge in [0.05, 0.1) is 6.61 Å². The van der Waals surface area contributed by atoms with E-state index in [0.29, 0.717) is 6.42 Å². The number of nitrogens with zero attached hydrogens (tertiary/aromatic N) is 1. The van der Waals surface area contributed by atoms with Gasteiger partial charge in [0.15, 0.2) is 0 Å². The van der Waals surface area contributed by atoms with Gasteiger partial charge < -0.3 is 9.64 Å². The molecular weight excluding hydrogens is 289 g/mol. The number of hydrogen-bond donors (Lipinski definition) is 0. The molecule has 2 aromatic rings. The van der Waals surface area contributed by atoms with Gasteiger partial charge >= 0.3 is 0 Å². The lowest BCUT2D eigenvalue weighted by Gasteiger charge is -2.13. The molecule has 0 aliphatic heterocycles. The highest BCUT2D eigenvalue weighted by molar-refractivity contribution is 5.34. The van der Waals surface area contributed by atoms with Crippen molar-refractivity contribution in [3.05, 3.63) is 65.5 Å². The molecule has 0 N–H and O–H groups in total. The average Bonchev–Trinajstić information content (AvgIpc) is 2.54. The van der Waals surface area contributed by atoms with Crippen LogP contribution in [-0.2, 0) is 12.8 Å². The Bertz CT molecular complexity index is 598. The van der Waals surface area contributed by atoms with Gasteiger partial charge in [-0.2, -0.15) is 0 Å². The molecule has 0 amide bonds. The summed E-state index contributed by atoms with van der Waals surface area (Å²) in [5.74, 6) is 0.795. The molecule has 0 bridgehead atoms. The van der Waals surface area contributed by atoms with E-state index in [0.717, 1.165) is 49.3 Å². The van der Waals surface area contributed by atoms with Crippen LogP contribution in [0.15, 0.2) is 48.5 Å². The van der Waals surface area contributed by atoms with Crippen LogP contribution in [0.3, 0.4) is 0 Å². The number of benzene rings is 2. The van der Waals surface area contributed by atoms with Gasteiger partial charge in [-0.1, -0.05) is 36.4 Å². The Morgan fingerprint density at radius 2 is 1.52 bits per heavy atom. The second kappa shape index (κ2) is 9.31. The molecule has 2 rings (SSSR count). The molecule has 23 heavy (non-hydrogen) atoms. The first-order valence-electron chi connectivity index (χ1n) is 8.25. The van der Waals surface area contributed by atoms with Crippen LogP contribution in [-0.4, -0.2) is 32.1 Å². The monoisotopic (exact) mass is 315 g/mol. The first kappa shape index (κ1) is 17.5. The minimum Gasteiger partial charge on any atom is -0.493 e. The molecule has 0 heterocycles. The molecule has 0 unspecified atom stereocenters. The fraction of sp³-hybridized carbons (Fsp3) is 0.400. The molecule has 124 valence electrons. The number of halogens is 1. The van der Waals surface area contributed by atoms with Crippen LogP contribution in [0, 0.1) is 5.82 Å². The van der Waals surface area contributed by atoms with Gasteiger partial charge in [0, 0.05) is 0 Å². The molecule has 0 aromatic heterocycles. The fourth-order valence-corrected chi connectivity index (χ4v) is 2.53. The molecule has 3 heteroatoms. The zero-order valence-corrected chi connectivity index (χ0v) is 14.1. The van der Waals surface area contributed by atoms with E-state index in [1.165, 1.54) is 6.07 Å². The number of rotatable bonds is 9. The molecular formula is C20H26FNO. The van der Waals surface area contributed by atoms with Crippen molar-refractivity contribution in [2.24, 2.45) is 0 Å². The molecule has 0 atom stereocenters. The van der Waals surface area contributed by atoms with E-state index in [1.54, 1.807) is 6.07 Å². The molecule has 0 fully saturated rings. The molecule has 0 aliphatic rings. The quantitative estimate of drug-likeness (QED) is 0.639. The Hall–Kier alpha value is -1.87. The lowest BCUT2D eigenvalue weighted by atomic mass is 10.0. The van der Waals surface area contributed by atoms with Gasteiger partial charge in [0.2, 0.25) is 0 Å². The highest BCUT2D eigenvalue weighted by Crippen LogP contribution is 2.21. The highest BCUT2D eigenvalue weighted by Gasteiger charge is 2.06. The largest absolute Gasteiger partial charge is 0.493 e.